The van der Waals surface area contributed by atoms with Crippen LogP contribution in [-0.2, 0) is 6.42 Å². The number of halogens is 1. The second-order valence-corrected chi connectivity index (χ2v) is 4.84. The Morgan fingerprint density at radius 2 is 1.88 bits per heavy atom. The van der Waals surface area contributed by atoms with Crippen molar-refractivity contribution in [3.8, 4) is 0 Å². The van der Waals surface area contributed by atoms with Crippen molar-refractivity contribution in [1.29, 1.82) is 0 Å². The van der Waals surface area contributed by atoms with Crippen LogP contribution >= 0.6 is 11.6 Å². The average Bonchev–Trinajstić information content (AvgIpc) is 2.38. The predicted octanol–water partition coefficient (Wildman–Crippen LogP) is 1.33. The molecule has 0 saturated carbocycles. The number of rotatable bonds is 5. The molecule has 17 heavy (non-hydrogen) atoms. The molecule has 1 saturated heterocycles. The first kappa shape index (κ1) is 12.8. The van der Waals surface area contributed by atoms with Crippen LogP contribution in [0.25, 0.3) is 0 Å². The summed E-state index contributed by atoms with van der Waals surface area (Å²) in [4.78, 5) is 2.44. The predicted molar refractivity (Wildman–Crippen MR) is 72.5 cm³/mol. The van der Waals surface area contributed by atoms with Crippen molar-refractivity contribution < 1.29 is 0 Å². The average molecular weight is 254 g/mol. The summed E-state index contributed by atoms with van der Waals surface area (Å²) in [5.41, 5.74) is 1.34. The van der Waals surface area contributed by atoms with Crippen LogP contribution in [0.2, 0.25) is 5.02 Å². The third-order valence-electron chi connectivity index (χ3n) is 3.05. The zero-order valence-corrected chi connectivity index (χ0v) is 10.8. The van der Waals surface area contributed by atoms with Crippen LogP contribution in [0.4, 0.5) is 0 Å². The number of hydrogen-bond acceptors (Lipinski definition) is 3. The van der Waals surface area contributed by atoms with Crippen molar-refractivity contribution in [2.75, 3.05) is 39.4 Å². The number of benzene rings is 1. The number of nitrogens with one attached hydrogen (secondary N) is 2. The highest BCUT2D eigenvalue weighted by atomic mass is 35.5. The topological polar surface area (TPSA) is 27.3 Å². The summed E-state index contributed by atoms with van der Waals surface area (Å²) in [6.07, 6.45) is 1.06. The van der Waals surface area contributed by atoms with E-state index in [1.54, 1.807) is 0 Å². The molecule has 0 amide bonds. The summed E-state index contributed by atoms with van der Waals surface area (Å²) >= 11 is 5.85. The van der Waals surface area contributed by atoms with Gasteiger partial charge >= 0.3 is 0 Å². The molecule has 0 unspecified atom stereocenters. The van der Waals surface area contributed by atoms with Crippen LogP contribution in [0.3, 0.4) is 0 Å². The Balaban J connectivity index is 1.60. The zero-order chi connectivity index (χ0) is 11.9. The molecule has 0 aliphatic carbocycles. The van der Waals surface area contributed by atoms with Gasteiger partial charge < -0.3 is 10.6 Å². The van der Waals surface area contributed by atoms with Gasteiger partial charge in [-0.25, -0.2) is 0 Å². The first-order chi connectivity index (χ1) is 8.34. The van der Waals surface area contributed by atoms with E-state index in [0.717, 1.165) is 50.8 Å². The van der Waals surface area contributed by atoms with Gasteiger partial charge in [0.1, 0.15) is 0 Å². The SMILES string of the molecule is Clc1ccc(CCNCN2CCNCC2)cc1. The molecule has 0 atom stereocenters. The van der Waals surface area contributed by atoms with E-state index >= 15 is 0 Å². The fourth-order valence-electron chi connectivity index (χ4n) is 1.99. The van der Waals surface area contributed by atoms with Crippen molar-refractivity contribution in [3.05, 3.63) is 34.9 Å². The smallest absolute Gasteiger partial charge is 0.0481 e. The maximum atomic E-state index is 5.85. The molecule has 1 aliphatic rings. The van der Waals surface area contributed by atoms with Crippen molar-refractivity contribution in [2.45, 2.75) is 6.42 Å². The van der Waals surface area contributed by atoms with E-state index in [4.69, 9.17) is 11.6 Å². The lowest BCUT2D eigenvalue weighted by Crippen LogP contribution is -2.47. The summed E-state index contributed by atoms with van der Waals surface area (Å²) in [7, 11) is 0. The molecule has 3 nitrogen and oxygen atoms in total. The van der Waals surface area contributed by atoms with E-state index in [0.29, 0.717) is 0 Å². The molecule has 1 fully saturated rings. The van der Waals surface area contributed by atoms with Gasteiger partial charge in [0.15, 0.2) is 0 Å². The Morgan fingerprint density at radius 1 is 1.18 bits per heavy atom. The quantitative estimate of drug-likeness (QED) is 0.776. The van der Waals surface area contributed by atoms with E-state index in [9.17, 15) is 0 Å². The maximum absolute atomic E-state index is 5.85. The third kappa shape index (κ3) is 4.64. The lowest BCUT2D eigenvalue weighted by Gasteiger charge is -2.27. The summed E-state index contributed by atoms with van der Waals surface area (Å²) in [6, 6.07) is 8.09. The minimum absolute atomic E-state index is 0.808. The van der Waals surface area contributed by atoms with Crippen LogP contribution in [0.15, 0.2) is 24.3 Å². The van der Waals surface area contributed by atoms with Crippen LogP contribution in [0, 0.1) is 0 Å². The van der Waals surface area contributed by atoms with Crippen molar-refractivity contribution in [3.63, 3.8) is 0 Å². The largest absolute Gasteiger partial charge is 0.314 e. The first-order valence-corrected chi connectivity index (χ1v) is 6.60. The summed E-state index contributed by atoms with van der Waals surface area (Å²) in [5, 5.41) is 7.65. The van der Waals surface area contributed by atoms with E-state index in [-0.39, 0.29) is 0 Å². The molecular weight excluding hydrogens is 234 g/mol. The summed E-state index contributed by atoms with van der Waals surface area (Å²) in [5.74, 6) is 0. The Morgan fingerprint density at radius 3 is 2.59 bits per heavy atom. The van der Waals surface area contributed by atoms with Gasteiger partial charge in [-0.2, -0.15) is 0 Å². The minimum Gasteiger partial charge on any atom is -0.314 e. The normalized spacial score (nSPS) is 17.2. The van der Waals surface area contributed by atoms with Gasteiger partial charge in [0, 0.05) is 44.4 Å². The second kappa shape index (κ2) is 6.97. The second-order valence-electron chi connectivity index (χ2n) is 4.40. The van der Waals surface area contributed by atoms with E-state index in [1.165, 1.54) is 5.56 Å². The summed E-state index contributed by atoms with van der Waals surface area (Å²) in [6.45, 7) is 6.53. The molecule has 1 heterocycles. The fraction of sp³-hybridized carbons (Fsp3) is 0.538. The highest BCUT2D eigenvalue weighted by Crippen LogP contribution is 2.09. The molecule has 2 rings (SSSR count). The summed E-state index contributed by atoms with van der Waals surface area (Å²) < 4.78 is 0. The van der Waals surface area contributed by atoms with Gasteiger partial charge in [-0.3, -0.25) is 4.90 Å². The molecule has 0 radical (unpaired) electrons. The van der Waals surface area contributed by atoms with Crippen molar-refractivity contribution in [2.24, 2.45) is 0 Å². The molecule has 1 aliphatic heterocycles. The number of nitrogens with zero attached hydrogens (tertiary/aromatic N) is 1. The standard InChI is InChI=1S/C13H20ClN3/c14-13-3-1-12(2-4-13)5-6-16-11-17-9-7-15-8-10-17/h1-4,15-16H,5-11H2. The Kier molecular flexibility index (Phi) is 5.26. The molecular formula is C13H20ClN3. The number of piperazine rings is 1. The van der Waals surface area contributed by atoms with Crippen molar-refractivity contribution >= 4 is 11.6 Å². The van der Waals surface area contributed by atoms with E-state index in [1.807, 2.05) is 12.1 Å². The molecule has 0 aromatic heterocycles. The van der Waals surface area contributed by atoms with E-state index < -0.39 is 0 Å². The van der Waals surface area contributed by atoms with Crippen LogP contribution in [0.1, 0.15) is 5.56 Å². The lowest BCUT2D eigenvalue weighted by atomic mass is 10.1. The Labute approximate surface area is 108 Å². The highest BCUT2D eigenvalue weighted by molar-refractivity contribution is 6.30. The van der Waals surface area contributed by atoms with Crippen LogP contribution in [-0.4, -0.2) is 44.3 Å². The molecule has 0 spiro atoms. The van der Waals surface area contributed by atoms with E-state index in [2.05, 4.69) is 27.7 Å². The Hall–Kier alpha value is -0.610. The molecule has 2 N–H and O–H groups in total. The highest BCUT2D eigenvalue weighted by Gasteiger charge is 2.07. The molecule has 0 bridgehead atoms. The maximum Gasteiger partial charge on any atom is 0.0481 e. The van der Waals surface area contributed by atoms with Gasteiger partial charge in [0.2, 0.25) is 0 Å². The van der Waals surface area contributed by atoms with Gasteiger partial charge in [0.05, 0.1) is 0 Å². The first-order valence-electron chi connectivity index (χ1n) is 6.23. The van der Waals surface area contributed by atoms with Gasteiger partial charge in [0.25, 0.3) is 0 Å². The molecule has 1 aromatic rings. The van der Waals surface area contributed by atoms with Gasteiger partial charge in [-0.05, 0) is 24.1 Å². The van der Waals surface area contributed by atoms with Crippen LogP contribution < -0.4 is 10.6 Å². The molecule has 4 heteroatoms. The monoisotopic (exact) mass is 253 g/mol. The zero-order valence-electron chi connectivity index (χ0n) is 10.1. The Bertz CT molecular complexity index is 320. The van der Waals surface area contributed by atoms with Crippen LogP contribution in [0.5, 0.6) is 0 Å². The van der Waals surface area contributed by atoms with Crippen molar-refractivity contribution in [1.82, 2.24) is 15.5 Å². The lowest BCUT2D eigenvalue weighted by molar-refractivity contribution is 0.224. The third-order valence-corrected chi connectivity index (χ3v) is 3.30. The minimum atomic E-state index is 0.808. The van der Waals surface area contributed by atoms with Gasteiger partial charge in [-0.15, -0.1) is 0 Å². The number of hydrogen-bond donors (Lipinski definition) is 2. The molecule has 94 valence electrons. The van der Waals surface area contributed by atoms with Gasteiger partial charge in [-0.1, -0.05) is 23.7 Å². The fourth-order valence-corrected chi connectivity index (χ4v) is 2.12. The molecule has 1 aromatic carbocycles.